The van der Waals surface area contributed by atoms with Crippen LogP contribution in [0.3, 0.4) is 0 Å². The van der Waals surface area contributed by atoms with E-state index < -0.39 is 0 Å². The van der Waals surface area contributed by atoms with E-state index in [4.69, 9.17) is 33.2 Å². The fourth-order valence-electron chi connectivity index (χ4n) is 5.99. The number of amides is 3. The van der Waals surface area contributed by atoms with E-state index in [0.717, 1.165) is 6.42 Å². The Morgan fingerprint density at radius 2 is 1.23 bits per heavy atom. The second kappa shape index (κ2) is 20.2. The van der Waals surface area contributed by atoms with Crippen molar-refractivity contribution in [2.45, 2.75) is 33.6 Å². The highest BCUT2D eigenvalue weighted by Crippen LogP contribution is 2.56. The van der Waals surface area contributed by atoms with E-state index in [1.165, 1.54) is 10.5 Å². The second-order valence-electron chi connectivity index (χ2n) is 11.2. The van der Waals surface area contributed by atoms with Crippen molar-refractivity contribution in [1.82, 2.24) is 10.2 Å². The predicted octanol–water partition coefficient (Wildman–Crippen LogP) is 1.46. The predicted molar refractivity (Wildman–Crippen MR) is 157 cm³/mol. The number of nitrogens with zero attached hydrogens (tertiary/aromatic N) is 1. The average Bonchev–Trinajstić information content (AvgIpc) is 3.66. The lowest BCUT2D eigenvalue weighted by molar-refractivity contribution is -0.141. The summed E-state index contributed by atoms with van der Waals surface area (Å²) in [7, 11) is 0. The summed E-state index contributed by atoms with van der Waals surface area (Å²) >= 11 is 0. The maximum absolute atomic E-state index is 13.0. The Balaban J connectivity index is 1.06. The summed E-state index contributed by atoms with van der Waals surface area (Å²) in [6, 6.07) is 0. The lowest BCUT2D eigenvalue weighted by Crippen LogP contribution is -2.37. The molecule has 1 N–H and O–H groups in total. The van der Waals surface area contributed by atoms with Crippen molar-refractivity contribution < 1.29 is 47.5 Å². The van der Waals surface area contributed by atoms with Crippen LogP contribution < -0.4 is 5.32 Å². The van der Waals surface area contributed by atoms with Gasteiger partial charge in [0, 0.05) is 26.1 Å². The highest BCUT2D eigenvalue weighted by Gasteiger charge is 2.61. The summed E-state index contributed by atoms with van der Waals surface area (Å²) in [4.78, 5) is 39.5. The molecular weight excluding hydrogens is 560 g/mol. The Hall–Kier alpha value is -1.93. The van der Waals surface area contributed by atoms with Crippen molar-refractivity contribution >= 4 is 17.7 Å². The Kier molecular flexibility index (Phi) is 16.7. The minimum atomic E-state index is -0.234. The summed E-state index contributed by atoms with van der Waals surface area (Å²) in [5.74, 6) is -0.134. The molecule has 12 nitrogen and oxygen atoms in total. The van der Waals surface area contributed by atoms with Gasteiger partial charge in [-0.1, -0.05) is 25.5 Å². The molecule has 3 rings (SSSR count). The van der Waals surface area contributed by atoms with E-state index >= 15 is 0 Å². The van der Waals surface area contributed by atoms with Gasteiger partial charge in [-0.05, 0) is 31.1 Å². The molecule has 3 amide bonds. The fourth-order valence-corrected chi connectivity index (χ4v) is 5.99. The number of carbonyl (C=O) groups excluding carboxylic acids is 3. The van der Waals surface area contributed by atoms with E-state index in [-0.39, 0.29) is 54.4 Å². The number of fused-ring (bicyclic) bond motifs is 5. The quantitative estimate of drug-likeness (QED) is 0.0870. The standard InChI is InChI=1S/C31H52N2O10/c1-4-37-9-10-39-13-14-41-17-18-43-20-19-42-16-15-40-12-11-38-8-6-32-27(34)5-7-33-30(35)28-24-21-25(23(2)3)26(22-24)29(28)31(33)36/h21,23-24,26,28-29H,4-20,22H2,1-3H3,(H,32,34). The molecule has 0 aromatic carbocycles. The molecule has 2 fully saturated rings. The van der Waals surface area contributed by atoms with Gasteiger partial charge in [0.05, 0.1) is 97.7 Å². The molecule has 0 aromatic rings. The van der Waals surface area contributed by atoms with Gasteiger partial charge >= 0.3 is 0 Å². The fraction of sp³-hybridized carbons (Fsp3) is 0.839. The number of hydrogen-bond donors (Lipinski definition) is 1. The molecule has 43 heavy (non-hydrogen) atoms. The third-order valence-corrected chi connectivity index (χ3v) is 7.98. The molecule has 4 atom stereocenters. The molecule has 1 heterocycles. The highest BCUT2D eigenvalue weighted by molar-refractivity contribution is 6.06. The van der Waals surface area contributed by atoms with Crippen molar-refractivity contribution in [2.75, 3.05) is 106 Å². The lowest BCUT2D eigenvalue weighted by Gasteiger charge is -2.24. The molecule has 1 saturated carbocycles. The maximum Gasteiger partial charge on any atom is 0.233 e. The third kappa shape index (κ3) is 11.5. The zero-order valence-corrected chi connectivity index (χ0v) is 26.2. The number of nitrogens with one attached hydrogen (secondary N) is 1. The van der Waals surface area contributed by atoms with Crippen LogP contribution in [0.5, 0.6) is 0 Å². The van der Waals surface area contributed by atoms with E-state index in [9.17, 15) is 14.4 Å². The van der Waals surface area contributed by atoms with Gasteiger partial charge in [-0.2, -0.15) is 0 Å². The molecule has 1 saturated heterocycles. The monoisotopic (exact) mass is 612 g/mol. The smallest absolute Gasteiger partial charge is 0.233 e. The maximum atomic E-state index is 13.0. The number of hydrogen-bond acceptors (Lipinski definition) is 10. The summed E-state index contributed by atoms with van der Waals surface area (Å²) in [5.41, 5.74) is 1.32. The van der Waals surface area contributed by atoms with E-state index in [0.29, 0.717) is 105 Å². The molecule has 3 aliphatic rings. The number of ether oxygens (including phenoxy) is 7. The van der Waals surface area contributed by atoms with Crippen molar-refractivity contribution in [3.05, 3.63) is 11.6 Å². The minimum Gasteiger partial charge on any atom is -0.379 e. The van der Waals surface area contributed by atoms with Crippen LogP contribution in [0.25, 0.3) is 0 Å². The van der Waals surface area contributed by atoms with Gasteiger partial charge in [-0.3, -0.25) is 19.3 Å². The molecule has 2 bridgehead atoms. The SMILES string of the molecule is CCOCCOCCOCCOCCOCCOCCOCCNC(=O)CCN1C(=O)C2C3C=C(C(C)C)C(C3)C2C1=O. The van der Waals surface area contributed by atoms with E-state index in [1.807, 2.05) is 6.92 Å². The van der Waals surface area contributed by atoms with Crippen LogP contribution in [0.15, 0.2) is 11.6 Å². The first kappa shape index (κ1) is 35.5. The Bertz CT molecular complexity index is 883. The van der Waals surface area contributed by atoms with Gasteiger partial charge < -0.3 is 38.5 Å². The van der Waals surface area contributed by atoms with Crippen LogP contribution in [0.4, 0.5) is 0 Å². The van der Waals surface area contributed by atoms with E-state index in [1.54, 1.807) is 0 Å². The highest BCUT2D eigenvalue weighted by atomic mass is 16.6. The number of carbonyl (C=O) groups is 3. The van der Waals surface area contributed by atoms with Crippen LogP contribution in [-0.4, -0.2) is 128 Å². The molecule has 4 unspecified atom stereocenters. The van der Waals surface area contributed by atoms with Gasteiger partial charge in [0.2, 0.25) is 17.7 Å². The molecule has 2 aliphatic carbocycles. The first-order valence-electron chi connectivity index (χ1n) is 15.8. The molecule has 246 valence electrons. The Morgan fingerprint density at radius 1 is 0.767 bits per heavy atom. The van der Waals surface area contributed by atoms with Gasteiger partial charge in [-0.15, -0.1) is 0 Å². The molecule has 12 heteroatoms. The summed E-state index contributed by atoms with van der Waals surface area (Å²) in [6.07, 6.45) is 3.23. The molecule has 0 radical (unpaired) electrons. The van der Waals surface area contributed by atoms with Crippen molar-refractivity contribution in [2.24, 2.45) is 29.6 Å². The van der Waals surface area contributed by atoms with Crippen LogP contribution in [-0.2, 0) is 47.5 Å². The zero-order chi connectivity index (χ0) is 30.9. The van der Waals surface area contributed by atoms with Crippen LogP contribution >= 0.6 is 0 Å². The van der Waals surface area contributed by atoms with Crippen molar-refractivity contribution in [3.63, 3.8) is 0 Å². The lowest BCUT2D eigenvalue weighted by atomic mass is 9.78. The Morgan fingerprint density at radius 3 is 1.72 bits per heavy atom. The number of imide groups is 1. The number of allylic oxidation sites excluding steroid dienone is 2. The number of likely N-dealkylation sites (tertiary alicyclic amines) is 1. The van der Waals surface area contributed by atoms with Gasteiger partial charge in [0.25, 0.3) is 0 Å². The molecule has 0 spiro atoms. The molecular formula is C31H52N2O10. The molecule has 0 aromatic heterocycles. The van der Waals surface area contributed by atoms with Crippen LogP contribution in [0.2, 0.25) is 0 Å². The summed E-state index contributed by atoms with van der Waals surface area (Å²) < 4.78 is 37.8. The third-order valence-electron chi connectivity index (χ3n) is 7.98. The van der Waals surface area contributed by atoms with Crippen molar-refractivity contribution in [1.29, 1.82) is 0 Å². The van der Waals surface area contributed by atoms with Crippen LogP contribution in [0, 0.1) is 29.6 Å². The Labute approximate surface area is 256 Å². The van der Waals surface area contributed by atoms with Crippen LogP contribution in [0.1, 0.15) is 33.6 Å². The van der Waals surface area contributed by atoms with E-state index in [2.05, 4.69) is 25.2 Å². The summed E-state index contributed by atoms with van der Waals surface area (Å²) in [6.45, 7) is 13.8. The topological polar surface area (TPSA) is 131 Å². The first-order chi connectivity index (χ1) is 21.0. The van der Waals surface area contributed by atoms with Crippen molar-refractivity contribution in [3.8, 4) is 0 Å². The van der Waals surface area contributed by atoms with Gasteiger partial charge in [0.1, 0.15) is 0 Å². The normalized spacial score (nSPS) is 22.6. The minimum absolute atomic E-state index is 0.101. The number of rotatable bonds is 26. The average molecular weight is 613 g/mol. The van der Waals surface area contributed by atoms with Gasteiger partial charge in [-0.25, -0.2) is 0 Å². The van der Waals surface area contributed by atoms with Gasteiger partial charge in [0.15, 0.2) is 0 Å². The largest absolute Gasteiger partial charge is 0.379 e. The molecule has 1 aliphatic heterocycles. The second-order valence-corrected chi connectivity index (χ2v) is 11.2. The zero-order valence-electron chi connectivity index (χ0n) is 26.2. The first-order valence-corrected chi connectivity index (χ1v) is 15.8. The summed E-state index contributed by atoms with van der Waals surface area (Å²) in [5, 5.41) is 2.79.